The molecule has 3 heteroatoms. The summed E-state index contributed by atoms with van der Waals surface area (Å²) in [6.45, 7) is 4.91. The molecular weight excluding hydrogens is 342 g/mol. The molecule has 3 heterocycles. The molecule has 0 radical (unpaired) electrons. The van der Waals surface area contributed by atoms with Crippen molar-refractivity contribution in [1.82, 2.24) is 9.97 Å². The van der Waals surface area contributed by atoms with E-state index in [1.807, 2.05) is 6.20 Å². The third-order valence-electron chi connectivity index (χ3n) is 7.61. The van der Waals surface area contributed by atoms with Crippen LogP contribution in [0, 0.1) is 0 Å². The molecule has 28 heavy (non-hydrogen) atoms. The Morgan fingerprint density at radius 3 is 2.64 bits per heavy atom. The van der Waals surface area contributed by atoms with Crippen LogP contribution in [0.5, 0.6) is 0 Å². The number of aromatic amines is 1. The largest absolute Gasteiger partial charge is 0.355 e. The van der Waals surface area contributed by atoms with Crippen LogP contribution in [0.2, 0.25) is 0 Å². The zero-order valence-electron chi connectivity index (χ0n) is 16.5. The molecule has 0 bridgehead atoms. The molecule has 1 saturated carbocycles. The maximum atomic E-state index is 4.88. The van der Waals surface area contributed by atoms with E-state index >= 15 is 0 Å². The average Bonchev–Trinajstić information content (AvgIpc) is 3.18. The highest BCUT2D eigenvalue weighted by Crippen LogP contribution is 2.60. The van der Waals surface area contributed by atoms with Crippen molar-refractivity contribution in [2.45, 2.75) is 50.5 Å². The van der Waals surface area contributed by atoms with Crippen LogP contribution >= 0.6 is 0 Å². The first-order valence-corrected chi connectivity index (χ1v) is 10.4. The van der Waals surface area contributed by atoms with E-state index in [4.69, 9.17) is 4.98 Å². The first-order valence-electron chi connectivity index (χ1n) is 10.4. The Kier molecular flexibility index (Phi) is 3.11. The smallest absolute Gasteiger partial charge is 0.137 e. The normalized spacial score (nSPS) is 26.6. The topological polar surface area (TPSA) is 31.9 Å². The molecule has 2 aromatic heterocycles. The number of H-pyrrole nitrogens is 1. The number of fused-ring (bicyclic) bond motifs is 6. The lowest BCUT2D eigenvalue weighted by atomic mass is 9.61. The number of rotatable bonds is 1. The maximum Gasteiger partial charge on any atom is 0.137 e. The summed E-state index contributed by atoms with van der Waals surface area (Å²) in [5.74, 6) is 1.15. The summed E-state index contributed by atoms with van der Waals surface area (Å²) >= 11 is 0. The fourth-order valence-corrected chi connectivity index (χ4v) is 5.90. The molecule has 4 aromatic rings. The number of para-hydroxylation sites is 1. The lowest BCUT2D eigenvalue weighted by Gasteiger charge is -2.50. The molecule has 2 aliphatic rings. The van der Waals surface area contributed by atoms with E-state index < -0.39 is 0 Å². The van der Waals surface area contributed by atoms with Gasteiger partial charge >= 0.3 is 0 Å². The number of anilines is 2. The predicted octanol–water partition coefficient (Wildman–Crippen LogP) is 6.46. The van der Waals surface area contributed by atoms with Crippen LogP contribution in [0.1, 0.15) is 45.1 Å². The summed E-state index contributed by atoms with van der Waals surface area (Å²) < 4.78 is 0. The Hall–Kier alpha value is -2.81. The number of pyridine rings is 1. The fourth-order valence-electron chi connectivity index (χ4n) is 5.90. The van der Waals surface area contributed by atoms with Crippen LogP contribution in [0.3, 0.4) is 0 Å². The first kappa shape index (κ1) is 16.2. The van der Waals surface area contributed by atoms with Crippen LogP contribution in [0.15, 0.2) is 60.8 Å². The van der Waals surface area contributed by atoms with Gasteiger partial charge in [-0.15, -0.1) is 0 Å². The Labute approximate surface area is 165 Å². The van der Waals surface area contributed by atoms with Crippen molar-refractivity contribution in [3.63, 3.8) is 0 Å². The molecule has 3 nitrogen and oxygen atoms in total. The molecule has 2 atom stereocenters. The summed E-state index contributed by atoms with van der Waals surface area (Å²) in [4.78, 5) is 11.0. The maximum absolute atomic E-state index is 4.88. The monoisotopic (exact) mass is 367 g/mol. The molecule has 1 aliphatic carbocycles. The van der Waals surface area contributed by atoms with Gasteiger partial charge < -0.3 is 9.88 Å². The van der Waals surface area contributed by atoms with Gasteiger partial charge in [0.2, 0.25) is 0 Å². The van der Waals surface area contributed by atoms with Gasteiger partial charge in [0.1, 0.15) is 5.82 Å². The van der Waals surface area contributed by atoms with Crippen molar-refractivity contribution >= 4 is 33.3 Å². The molecule has 140 valence electrons. The van der Waals surface area contributed by atoms with Crippen LogP contribution in [-0.4, -0.2) is 15.5 Å². The minimum atomic E-state index is 0.0573. The minimum Gasteiger partial charge on any atom is -0.355 e. The average molecular weight is 367 g/mol. The van der Waals surface area contributed by atoms with Crippen molar-refractivity contribution in [3.05, 3.63) is 66.4 Å². The Balaban J connectivity index is 1.62. The number of benzene rings is 2. The second-order valence-electron chi connectivity index (χ2n) is 8.92. The van der Waals surface area contributed by atoms with Gasteiger partial charge in [0.05, 0.1) is 5.54 Å². The van der Waals surface area contributed by atoms with E-state index in [1.54, 1.807) is 0 Å². The molecule has 0 amide bonds. The third kappa shape index (κ3) is 1.87. The quantitative estimate of drug-likeness (QED) is 0.419. The highest BCUT2D eigenvalue weighted by Gasteiger charge is 2.58. The Morgan fingerprint density at radius 1 is 0.893 bits per heavy atom. The number of hydrogen-bond acceptors (Lipinski definition) is 2. The SMILES string of the molecule is CC12CCCCC1(C)N(c1ccc3[nH]c4ccccc4c3c1)c1ncccc12. The van der Waals surface area contributed by atoms with Crippen LogP contribution in [0.4, 0.5) is 11.5 Å². The highest BCUT2D eigenvalue weighted by molar-refractivity contribution is 6.08. The standard InChI is InChI=1S/C25H25N3/c1-24-13-5-6-14-25(24,2)28(23-20(24)9-7-15-26-23)17-11-12-22-19(16-17)18-8-3-4-10-21(18)27-22/h3-4,7-12,15-16,27H,5-6,13-14H2,1-2H3. The molecule has 1 aliphatic heterocycles. The molecule has 2 unspecified atom stereocenters. The molecule has 0 saturated heterocycles. The number of nitrogens with zero attached hydrogens (tertiary/aromatic N) is 2. The van der Waals surface area contributed by atoms with Gasteiger partial charge in [0.25, 0.3) is 0 Å². The van der Waals surface area contributed by atoms with Crippen LogP contribution < -0.4 is 4.90 Å². The summed E-state index contributed by atoms with van der Waals surface area (Å²) in [5, 5.41) is 2.58. The van der Waals surface area contributed by atoms with Gasteiger partial charge in [-0.25, -0.2) is 4.98 Å². The van der Waals surface area contributed by atoms with Gasteiger partial charge in [-0.05, 0) is 50.1 Å². The zero-order chi connectivity index (χ0) is 18.9. The van der Waals surface area contributed by atoms with Crippen molar-refractivity contribution in [2.75, 3.05) is 4.90 Å². The Morgan fingerprint density at radius 2 is 1.71 bits per heavy atom. The lowest BCUT2D eigenvalue weighted by Crippen LogP contribution is -2.54. The van der Waals surface area contributed by atoms with E-state index in [-0.39, 0.29) is 11.0 Å². The van der Waals surface area contributed by atoms with Crippen LogP contribution in [-0.2, 0) is 5.41 Å². The van der Waals surface area contributed by atoms with Crippen molar-refractivity contribution in [2.24, 2.45) is 0 Å². The van der Waals surface area contributed by atoms with Gasteiger partial charge in [0, 0.05) is 44.7 Å². The van der Waals surface area contributed by atoms with E-state index in [9.17, 15) is 0 Å². The summed E-state index contributed by atoms with van der Waals surface area (Å²) in [5.41, 5.74) is 5.26. The second kappa shape index (κ2) is 5.38. The molecule has 2 aromatic carbocycles. The van der Waals surface area contributed by atoms with Crippen molar-refractivity contribution in [1.29, 1.82) is 0 Å². The summed E-state index contributed by atoms with van der Waals surface area (Å²) in [6, 6.07) is 19.8. The lowest BCUT2D eigenvalue weighted by molar-refractivity contribution is 0.195. The van der Waals surface area contributed by atoms with Gasteiger partial charge in [-0.1, -0.05) is 44.0 Å². The molecule has 1 fully saturated rings. The minimum absolute atomic E-state index is 0.0573. The third-order valence-corrected chi connectivity index (χ3v) is 7.61. The second-order valence-corrected chi connectivity index (χ2v) is 8.92. The van der Waals surface area contributed by atoms with Gasteiger partial charge in [-0.3, -0.25) is 0 Å². The van der Waals surface area contributed by atoms with E-state index in [0.29, 0.717) is 0 Å². The number of hydrogen-bond donors (Lipinski definition) is 1. The molecule has 1 N–H and O–H groups in total. The van der Waals surface area contributed by atoms with Gasteiger partial charge in [-0.2, -0.15) is 0 Å². The van der Waals surface area contributed by atoms with Crippen molar-refractivity contribution < 1.29 is 0 Å². The van der Waals surface area contributed by atoms with Gasteiger partial charge in [0.15, 0.2) is 0 Å². The van der Waals surface area contributed by atoms with Crippen LogP contribution in [0.25, 0.3) is 21.8 Å². The number of aromatic nitrogens is 2. The molecular formula is C25H25N3. The fraction of sp³-hybridized carbons (Fsp3) is 0.320. The summed E-state index contributed by atoms with van der Waals surface area (Å²) in [6.07, 6.45) is 6.96. The molecule has 0 spiro atoms. The van der Waals surface area contributed by atoms with E-state index in [2.05, 4.69) is 78.3 Å². The zero-order valence-corrected chi connectivity index (χ0v) is 16.5. The van der Waals surface area contributed by atoms with Crippen molar-refractivity contribution in [3.8, 4) is 0 Å². The van der Waals surface area contributed by atoms with E-state index in [1.165, 1.54) is 58.7 Å². The summed E-state index contributed by atoms with van der Waals surface area (Å²) in [7, 11) is 0. The number of nitrogens with one attached hydrogen (secondary N) is 1. The Bertz CT molecular complexity index is 1220. The molecule has 6 rings (SSSR count). The predicted molar refractivity (Wildman–Crippen MR) is 116 cm³/mol. The van der Waals surface area contributed by atoms with E-state index in [0.717, 1.165) is 5.82 Å². The highest BCUT2D eigenvalue weighted by atomic mass is 15.3. The first-order chi connectivity index (χ1) is 13.6.